The van der Waals surface area contributed by atoms with Crippen molar-refractivity contribution in [3.8, 4) is 11.4 Å². The predicted molar refractivity (Wildman–Crippen MR) is 123 cm³/mol. The molecule has 1 amide bonds. The van der Waals surface area contributed by atoms with Gasteiger partial charge >= 0.3 is 0 Å². The third-order valence-corrected chi connectivity index (χ3v) is 5.91. The zero-order chi connectivity index (χ0) is 22.0. The van der Waals surface area contributed by atoms with Gasteiger partial charge in [0.1, 0.15) is 5.82 Å². The molecule has 8 heteroatoms. The lowest BCUT2D eigenvalue weighted by atomic mass is 10.2. The van der Waals surface area contributed by atoms with Crippen LogP contribution in [-0.4, -0.2) is 36.2 Å². The molecule has 1 N–H and O–H groups in total. The summed E-state index contributed by atoms with van der Waals surface area (Å²) in [4.78, 5) is 12.7. The van der Waals surface area contributed by atoms with E-state index in [4.69, 9.17) is 0 Å². The highest BCUT2D eigenvalue weighted by Crippen LogP contribution is 2.25. The largest absolute Gasteiger partial charge is 0.322 e. The average molecular weight is 433 g/mol. The van der Waals surface area contributed by atoms with Crippen LogP contribution in [0.25, 0.3) is 11.4 Å². The van der Waals surface area contributed by atoms with Crippen LogP contribution >= 0.6 is 11.8 Å². The molecule has 2 aromatic heterocycles. The highest BCUT2D eigenvalue weighted by Gasteiger charge is 2.17. The Balaban J connectivity index is 1.48. The van der Waals surface area contributed by atoms with Crippen LogP contribution in [0.3, 0.4) is 0 Å². The molecule has 7 nitrogen and oxygen atoms in total. The molecule has 0 aliphatic carbocycles. The minimum Gasteiger partial charge on any atom is -0.322 e. The van der Waals surface area contributed by atoms with Crippen LogP contribution in [0.2, 0.25) is 0 Å². The smallest absolute Gasteiger partial charge is 0.234 e. The van der Waals surface area contributed by atoms with E-state index < -0.39 is 0 Å². The Hall–Kier alpha value is -3.39. The van der Waals surface area contributed by atoms with Crippen molar-refractivity contribution in [1.82, 2.24) is 24.5 Å². The van der Waals surface area contributed by atoms with Crippen LogP contribution in [0, 0.1) is 27.7 Å². The Morgan fingerprint density at radius 3 is 2.35 bits per heavy atom. The molecule has 0 spiro atoms. The molecular weight excluding hydrogens is 408 g/mol. The topological polar surface area (TPSA) is 77.6 Å². The number of hydrogen-bond acceptors (Lipinski definition) is 5. The lowest BCUT2D eigenvalue weighted by Crippen LogP contribution is -2.15. The fraction of sp³-hybridized carbons (Fsp3) is 0.217. The van der Waals surface area contributed by atoms with E-state index in [2.05, 4.69) is 20.6 Å². The first-order valence-electron chi connectivity index (χ1n) is 9.97. The van der Waals surface area contributed by atoms with Crippen LogP contribution in [0.4, 0.5) is 5.69 Å². The van der Waals surface area contributed by atoms with Gasteiger partial charge in [-0.3, -0.25) is 9.36 Å². The maximum atomic E-state index is 12.7. The number of carbonyl (C=O) groups excluding carboxylic acids is 1. The van der Waals surface area contributed by atoms with E-state index in [9.17, 15) is 4.79 Å². The third kappa shape index (κ3) is 4.39. The maximum absolute atomic E-state index is 12.7. The Bertz CT molecular complexity index is 1210. The van der Waals surface area contributed by atoms with Gasteiger partial charge in [-0.15, -0.1) is 10.2 Å². The number of thioether (sulfide) groups is 1. The first-order chi connectivity index (χ1) is 14.9. The van der Waals surface area contributed by atoms with Crippen LogP contribution < -0.4 is 5.32 Å². The monoisotopic (exact) mass is 432 g/mol. The number of nitrogens with zero attached hydrogens (tertiary/aromatic N) is 5. The first-order valence-corrected chi connectivity index (χ1v) is 11.0. The van der Waals surface area contributed by atoms with Gasteiger partial charge < -0.3 is 5.32 Å². The summed E-state index contributed by atoms with van der Waals surface area (Å²) in [5, 5.41) is 16.7. The van der Waals surface area contributed by atoms with Gasteiger partial charge in [0.05, 0.1) is 28.5 Å². The predicted octanol–water partition coefficient (Wildman–Crippen LogP) is 4.42. The molecule has 0 fully saturated rings. The van der Waals surface area contributed by atoms with E-state index in [1.807, 2.05) is 91.5 Å². The van der Waals surface area contributed by atoms with Gasteiger partial charge in [-0.2, -0.15) is 5.10 Å². The standard InChI is InChI=1S/C23H24N6OS/c1-15-10-12-19(13-11-15)28-18(4)25-26-23(28)31-14-21(30)24-22-16(2)27-29(17(22)3)20-8-6-5-7-9-20/h5-13H,14H2,1-4H3,(H,24,30). The minimum absolute atomic E-state index is 0.111. The Kier molecular flexibility index (Phi) is 5.90. The van der Waals surface area contributed by atoms with Gasteiger partial charge in [-0.1, -0.05) is 47.7 Å². The summed E-state index contributed by atoms with van der Waals surface area (Å²) in [6.07, 6.45) is 0. The summed E-state index contributed by atoms with van der Waals surface area (Å²) >= 11 is 1.36. The summed E-state index contributed by atoms with van der Waals surface area (Å²) in [6, 6.07) is 18.0. The number of nitrogens with one attached hydrogen (secondary N) is 1. The Morgan fingerprint density at radius 1 is 0.935 bits per heavy atom. The molecule has 2 heterocycles. The zero-order valence-electron chi connectivity index (χ0n) is 18.0. The summed E-state index contributed by atoms with van der Waals surface area (Å²) in [5.41, 5.74) is 5.53. The molecule has 0 radical (unpaired) electrons. The molecule has 0 unspecified atom stereocenters. The Labute approximate surface area is 185 Å². The maximum Gasteiger partial charge on any atom is 0.234 e. The average Bonchev–Trinajstić information content (AvgIpc) is 3.28. The fourth-order valence-corrected chi connectivity index (χ4v) is 4.17. The van der Waals surface area contributed by atoms with Crippen molar-refractivity contribution in [1.29, 1.82) is 0 Å². The summed E-state index contributed by atoms with van der Waals surface area (Å²) in [5.74, 6) is 0.891. The quantitative estimate of drug-likeness (QED) is 0.457. The second-order valence-corrected chi connectivity index (χ2v) is 8.27. The van der Waals surface area contributed by atoms with E-state index in [1.54, 1.807) is 0 Å². The molecule has 0 atom stereocenters. The number of aromatic nitrogens is 5. The minimum atomic E-state index is -0.111. The normalized spacial score (nSPS) is 11.0. The summed E-state index contributed by atoms with van der Waals surface area (Å²) < 4.78 is 3.80. The van der Waals surface area contributed by atoms with E-state index >= 15 is 0 Å². The third-order valence-electron chi connectivity index (χ3n) is 4.98. The molecule has 0 aliphatic rings. The lowest BCUT2D eigenvalue weighted by molar-refractivity contribution is -0.113. The number of benzene rings is 2. The molecule has 0 bridgehead atoms. The number of rotatable bonds is 6. The van der Waals surface area contributed by atoms with Crippen molar-refractivity contribution >= 4 is 23.4 Å². The van der Waals surface area contributed by atoms with Gasteiger partial charge in [0.15, 0.2) is 5.16 Å². The summed E-state index contributed by atoms with van der Waals surface area (Å²) in [7, 11) is 0. The van der Waals surface area contributed by atoms with Crippen molar-refractivity contribution in [2.45, 2.75) is 32.9 Å². The Morgan fingerprint density at radius 2 is 1.65 bits per heavy atom. The van der Waals surface area contributed by atoms with Gasteiger partial charge in [0.2, 0.25) is 5.91 Å². The molecular formula is C23H24N6OS. The van der Waals surface area contributed by atoms with E-state index in [1.165, 1.54) is 17.3 Å². The molecule has 0 saturated heterocycles. The van der Waals surface area contributed by atoms with Crippen molar-refractivity contribution in [3.63, 3.8) is 0 Å². The van der Waals surface area contributed by atoms with E-state index in [-0.39, 0.29) is 11.7 Å². The number of carbonyl (C=O) groups is 1. The molecule has 4 aromatic rings. The van der Waals surface area contributed by atoms with Gasteiger partial charge in [0.25, 0.3) is 0 Å². The molecule has 158 valence electrons. The van der Waals surface area contributed by atoms with E-state index in [0.29, 0.717) is 5.16 Å². The van der Waals surface area contributed by atoms with Crippen LogP contribution in [0.15, 0.2) is 59.8 Å². The molecule has 4 rings (SSSR count). The first kappa shape index (κ1) is 20.9. The molecule has 31 heavy (non-hydrogen) atoms. The second-order valence-electron chi connectivity index (χ2n) is 7.33. The number of hydrogen-bond donors (Lipinski definition) is 1. The number of aryl methyl sites for hydroxylation is 3. The molecule has 2 aromatic carbocycles. The van der Waals surface area contributed by atoms with Crippen molar-refractivity contribution in [2.24, 2.45) is 0 Å². The number of amides is 1. The number of anilines is 1. The highest BCUT2D eigenvalue weighted by atomic mass is 32.2. The van der Waals surface area contributed by atoms with Gasteiger partial charge in [-0.05, 0) is 52.0 Å². The van der Waals surface area contributed by atoms with Crippen LogP contribution in [0.5, 0.6) is 0 Å². The summed E-state index contributed by atoms with van der Waals surface area (Å²) in [6.45, 7) is 7.80. The molecule has 0 aliphatic heterocycles. The SMILES string of the molecule is Cc1ccc(-n2c(C)nnc2SCC(=O)Nc2c(C)nn(-c3ccccc3)c2C)cc1. The van der Waals surface area contributed by atoms with Crippen molar-refractivity contribution in [3.05, 3.63) is 77.4 Å². The second kappa shape index (κ2) is 8.77. The zero-order valence-corrected chi connectivity index (χ0v) is 18.8. The van der Waals surface area contributed by atoms with Crippen molar-refractivity contribution in [2.75, 3.05) is 11.1 Å². The lowest BCUT2D eigenvalue weighted by Gasteiger charge is -2.09. The van der Waals surface area contributed by atoms with Gasteiger partial charge in [-0.25, -0.2) is 4.68 Å². The highest BCUT2D eigenvalue weighted by molar-refractivity contribution is 7.99. The van der Waals surface area contributed by atoms with Gasteiger partial charge in [0, 0.05) is 5.69 Å². The van der Waals surface area contributed by atoms with Crippen molar-refractivity contribution < 1.29 is 4.79 Å². The van der Waals surface area contributed by atoms with E-state index in [0.717, 1.165) is 34.3 Å². The molecule has 0 saturated carbocycles. The number of para-hydroxylation sites is 1. The van der Waals surface area contributed by atoms with Crippen LogP contribution in [0.1, 0.15) is 22.8 Å². The fourth-order valence-electron chi connectivity index (χ4n) is 3.38. The van der Waals surface area contributed by atoms with Crippen LogP contribution in [-0.2, 0) is 4.79 Å².